The highest BCUT2D eigenvalue weighted by molar-refractivity contribution is 7.99. The van der Waals surface area contributed by atoms with E-state index in [0.717, 1.165) is 17.1 Å². The molecule has 6 nitrogen and oxygen atoms in total. The Morgan fingerprint density at radius 1 is 1.07 bits per heavy atom. The minimum absolute atomic E-state index is 0.0889. The molecule has 0 aliphatic carbocycles. The van der Waals surface area contributed by atoms with Crippen molar-refractivity contribution in [2.24, 2.45) is 0 Å². The van der Waals surface area contributed by atoms with Crippen LogP contribution in [-0.4, -0.2) is 57.6 Å². The van der Waals surface area contributed by atoms with Crippen molar-refractivity contribution in [1.82, 2.24) is 19.7 Å². The number of carbonyl (C=O) groups is 1. The molecule has 0 spiro atoms. The molecular formula is C22H23ClN4O2S. The smallest absolute Gasteiger partial charge is 0.233 e. The Hall–Kier alpha value is -2.35. The molecule has 1 saturated heterocycles. The van der Waals surface area contributed by atoms with Crippen molar-refractivity contribution >= 4 is 29.3 Å². The van der Waals surface area contributed by atoms with Crippen LogP contribution in [0.25, 0.3) is 17.1 Å². The second kappa shape index (κ2) is 9.20. The van der Waals surface area contributed by atoms with E-state index in [-0.39, 0.29) is 5.91 Å². The Labute approximate surface area is 185 Å². The van der Waals surface area contributed by atoms with Crippen LogP contribution in [0, 0.1) is 13.8 Å². The van der Waals surface area contributed by atoms with Crippen LogP contribution in [0.5, 0.6) is 0 Å². The van der Waals surface area contributed by atoms with Crippen LogP contribution in [0.4, 0.5) is 0 Å². The van der Waals surface area contributed by atoms with E-state index in [2.05, 4.69) is 42.2 Å². The zero-order valence-corrected chi connectivity index (χ0v) is 18.5. The van der Waals surface area contributed by atoms with Gasteiger partial charge >= 0.3 is 0 Å². The Balaban J connectivity index is 1.66. The summed E-state index contributed by atoms with van der Waals surface area (Å²) in [6, 6.07) is 13.8. The van der Waals surface area contributed by atoms with Crippen molar-refractivity contribution in [1.29, 1.82) is 0 Å². The Bertz CT molecular complexity index is 1050. The van der Waals surface area contributed by atoms with Gasteiger partial charge in [0.25, 0.3) is 0 Å². The number of hydrogen-bond acceptors (Lipinski definition) is 5. The van der Waals surface area contributed by atoms with Gasteiger partial charge in [0.2, 0.25) is 5.91 Å². The Morgan fingerprint density at radius 2 is 1.80 bits per heavy atom. The van der Waals surface area contributed by atoms with Crippen LogP contribution >= 0.6 is 23.4 Å². The van der Waals surface area contributed by atoms with Crippen LogP contribution in [0.15, 0.2) is 47.6 Å². The van der Waals surface area contributed by atoms with E-state index < -0.39 is 0 Å². The van der Waals surface area contributed by atoms with Crippen molar-refractivity contribution in [2.75, 3.05) is 32.1 Å². The highest BCUT2D eigenvalue weighted by Gasteiger charge is 2.21. The summed E-state index contributed by atoms with van der Waals surface area (Å²) in [6.07, 6.45) is 0. The predicted octanol–water partition coefficient (Wildman–Crippen LogP) is 4.16. The fourth-order valence-corrected chi connectivity index (χ4v) is 4.26. The quantitative estimate of drug-likeness (QED) is 0.555. The standard InChI is InChI=1S/C22H23ClN4O2S/c1-15-3-8-19(13-16(15)2)27-21(17-4-6-18(23)7-5-17)24-25-22(27)30-14-20(28)26-9-11-29-12-10-26/h3-8,13H,9-12,14H2,1-2H3. The molecule has 2 heterocycles. The third-order valence-electron chi connectivity index (χ3n) is 5.17. The SMILES string of the molecule is Cc1ccc(-n2c(SCC(=O)N3CCOCC3)nnc2-c2ccc(Cl)cc2)cc1C. The summed E-state index contributed by atoms with van der Waals surface area (Å²) in [4.78, 5) is 14.5. The average molecular weight is 443 g/mol. The minimum atomic E-state index is 0.0889. The summed E-state index contributed by atoms with van der Waals surface area (Å²) in [5.41, 5.74) is 4.28. The van der Waals surface area contributed by atoms with Gasteiger partial charge < -0.3 is 9.64 Å². The number of nitrogens with zero attached hydrogens (tertiary/aromatic N) is 4. The Kier molecular flexibility index (Phi) is 6.41. The van der Waals surface area contributed by atoms with E-state index in [1.165, 1.54) is 22.9 Å². The summed E-state index contributed by atoms with van der Waals surface area (Å²) in [5, 5.41) is 10.2. The topological polar surface area (TPSA) is 60.2 Å². The van der Waals surface area contributed by atoms with Gasteiger partial charge in [0.15, 0.2) is 11.0 Å². The van der Waals surface area contributed by atoms with Gasteiger partial charge in [0, 0.05) is 23.7 Å². The molecule has 4 rings (SSSR count). The first-order valence-electron chi connectivity index (χ1n) is 9.80. The number of hydrogen-bond donors (Lipinski definition) is 0. The van der Waals surface area contributed by atoms with Gasteiger partial charge in [-0.15, -0.1) is 10.2 Å². The molecule has 1 aromatic heterocycles. The predicted molar refractivity (Wildman–Crippen MR) is 119 cm³/mol. The van der Waals surface area contributed by atoms with Gasteiger partial charge in [-0.05, 0) is 61.4 Å². The number of rotatable bonds is 5. The van der Waals surface area contributed by atoms with E-state index in [1.54, 1.807) is 0 Å². The number of amides is 1. The van der Waals surface area contributed by atoms with E-state index >= 15 is 0 Å². The summed E-state index contributed by atoms with van der Waals surface area (Å²) in [7, 11) is 0. The maximum atomic E-state index is 12.6. The monoisotopic (exact) mass is 442 g/mol. The van der Waals surface area contributed by atoms with E-state index in [0.29, 0.717) is 42.2 Å². The number of benzene rings is 2. The van der Waals surface area contributed by atoms with Crippen LogP contribution in [0.3, 0.4) is 0 Å². The lowest BCUT2D eigenvalue weighted by molar-refractivity contribution is -0.132. The fraction of sp³-hybridized carbons (Fsp3) is 0.318. The third kappa shape index (κ3) is 4.53. The van der Waals surface area contributed by atoms with E-state index in [9.17, 15) is 4.79 Å². The molecule has 0 N–H and O–H groups in total. The second-order valence-corrected chi connectivity index (χ2v) is 8.58. The molecule has 1 fully saturated rings. The molecule has 0 unspecified atom stereocenters. The number of carbonyl (C=O) groups excluding carboxylic acids is 1. The maximum Gasteiger partial charge on any atom is 0.233 e. The van der Waals surface area contributed by atoms with Gasteiger partial charge in [-0.3, -0.25) is 9.36 Å². The van der Waals surface area contributed by atoms with Crippen molar-refractivity contribution in [3.8, 4) is 17.1 Å². The van der Waals surface area contributed by atoms with Crippen LogP contribution in [0.2, 0.25) is 5.02 Å². The first-order valence-corrected chi connectivity index (χ1v) is 11.2. The molecule has 0 saturated carbocycles. The van der Waals surface area contributed by atoms with Crippen molar-refractivity contribution in [3.05, 3.63) is 58.6 Å². The third-order valence-corrected chi connectivity index (χ3v) is 6.34. The maximum absolute atomic E-state index is 12.6. The molecule has 1 amide bonds. The molecule has 0 radical (unpaired) electrons. The Morgan fingerprint density at radius 3 is 2.50 bits per heavy atom. The fourth-order valence-electron chi connectivity index (χ4n) is 3.28. The summed E-state index contributed by atoms with van der Waals surface area (Å²) < 4.78 is 7.34. The van der Waals surface area contributed by atoms with Crippen molar-refractivity contribution in [2.45, 2.75) is 19.0 Å². The minimum Gasteiger partial charge on any atom is -0.378 e. The molecule has 0 bridgehead atoms. The van der Waals surface area contributed by atoms with Crippen LogP contribution in [0.1, 0.15) is 11.1 Å². The number of halogens is 1. The van der Waals surface area contributed by atoms with Gasteiger partial charge in [-0.2, -0.15) is 0 Å². The summed E-state index contributed by atoms with van der Waals surface area (Å²) >= 11 is 7.46. The molecule has 0 atom stereocenters. The average Bonchev–Trinajstić information content (AvgIpc) is 3.19. The lowest BCUT2D eigenvalue weighted by Gasteiger charge is -2.26. The molecule has 30 heavy (non-hydrogen) atoms. The number of ether oxygens (including phenoxy) is 1. The van der Waals surface area contributed by atoms with E-state index in [4.69, 9.17) is 16.3 Å². The highest BCUT2D eigenvalue weighted by Crippen LogP contribution is 2.29. The highest BCUT2D eigenvalue weighted by atomic mass is 35.5. The lowest BCUT2D eigenvalue weighted by atomic mass is 10.1. The number of aryl methyl sites for hydroxylation is 2. The van der Waals surface area contributed by atoms with Gasteiger partial charge in [0.1, 0.15) is 0 Å². The van der Waals surface area contributed by atoms with Crippen molar-refractivity contribution < 1.29 is 9.53 Å². The molecule has 3 aromatic rings. The van der Waals surface area contributed by atoms with Crippen LogP contribution in [-0.2, 0) is 9.53 Å². The van der Waals surface area contributed by atoms with Gasteiger partial charge in [0.05, 0.1) is 24.7 Å². The molecular weight excluding hydrogens is 420 g/mol. The number of thioether (sulfide) groups is 1. The number of aromatic nitrogens is 3. The molecule has 1 aliphatic heterocycles. The van der Waals surface area contributed by atoms with Crippen molar-refractivity contribution in [3.63, 3.8) is 0 Å². The zero-order chi connectivity index (χ0) is 21.1. The zero-order valence-electron chi connectivity index (χ0n) is 17.0. The molecule has 156 valence electrons. The first kappa shape index (κ1) is 20.9. The normalized spacial score (nSPS) is 14.2. The largest absolute Gasteiger partial charge is 0.378 e. The van der Waals surface area contributed by atoms with Gasteiger partial charge in [-0.1, -0.05) is 29.4 Å². The number of morpholine rings is 1. The van der Waals surface area contributed by atoms with E-state index in [1.807, 2.05) is 33.7 Å². The second-order valence-electron chi connectivity index (χ2n) is 7.20. The summed E-state index contributed by atoms with van der Waals surface area (Å²) in [6.45, 7) is 6.63. The molecule has 8 heteroatoms. The van der Waals surface area contributed by atoms with Gasteiger partial charge in [-0.25, -0.2) is 0 Å². The summed E-state index contributed by atoms with van der Waals surface area (Å²) in [5.74, 6) is 1.12. The molecule has 2 aromatic carbocycles. The lowest BCUT2D eigenvalue weighted by Crippen LogP contribution is -2.41. The molecule has 1 aliphatic rings. The first-order chi connectivity index (χ1) is 14.5. The van der Waals surface area contributed by atoms with Crippen LogP contribution < -0.4 is 0 Å².